The van der Waals surface area contributed by atoms with Crippen molar-refractivity contribution < 1.29 is 14.3 Å². The molecule has 0 aliphatic rings. The molecule has 0 bridgehead atoms. The molecule has 1 atom stereocenters. The van der Waals surface area contributed by atoms with E-state index in [-0.39, 0.29) is 5.97 Å². The third kappa shape index (κ3) is 5.70. The highest BCUT2D eigenvalue weighted by atomic mass is 79.9. The van der Waals surface area contributed by atoms with Gasteiger partial charge in [0.25, 0.3) is 0 Å². The summed E-state index contributed by atoms with van der Waals surface area (Å²) in [6.07, 6.45) is 4.59. The van der Waals surface area contributed by atoms with Crippen LogP contribution < -0.4 is 9.64 Å². The minimum absolute atomic E-state index is 0.349. The number of aromatic nitrogens is 2. The number of nitrogens with zero attached hydrogens (tertiary/aromatic N) is 3. The highest BCUT2D eigenvalue weighted by Gasteiger charge is 2.16. The first-order chi connectivity index (χ1) is 12.0. The van der Waals surface area contributed by atoms with Crippen molar-refractivity contribution >= 4 is 33.5 Å². The van der Waals surface area contributed by atoms with Crippen molar-refractivity contribution in [1.82, 2.24) is 9.97 Å². The van der Waals surface area contributed by atoms with E-state index in [4.69, 9.17) is 9.47 Å². The van der Waals surface area contributed by atoms with Crippen molar-refractivity contribution in [3.63, 3.8) is 0 Å². The molecule has 7 heteroatoms. The van der Waals surface area contributed by atoms with Gasteiger partial charge in [0.15, 0.2) is 6.10 Å². The molecule has 1 heterocycles. The summed E-state index contributed by atoms with van der Waals surface area (Å²) in [7, 11) is 1.88. The number of hydrogen-bond donors (Lipinski definition) is 0. The Balaban J connectivity index is 1.95. The highest BCUT2D eigenvalue weighted by molar-refractivity contribution is 9.10. The van der Waals surface area contributed by atoms with Crippen LogP contribution in [0.4, 0.5) is 11.6 Å². The minimum Gasteiger partial charge on any atom is -0.479 e. The first-order valence-electron chi connectivity index (χ1n) is 8.16. The zero-order valence-electron chi connectivity index (χ0n) is 14.6. The fourth-order valence-corrected chi connectivity index (χ4v) is 2.23. The van der Waals surface area contributed by atoms with Crippen molar-refractivity contribution in [3.05, 3.63) is 41.1 Å². The molecule has 0 fully saturated rings. The molecule has 2 aromatic rings. The first-order valence-corrected chi connectivity index (χ1v) is 8.95. The number of carbonyl (C=O) groups excluding carboxylic acids is 1. The van der Waals surface area contributed by atoms with Gasteiger partial charge in [0.1, 0.15) is 5.75 Å². The van der Waals surface area contributed by atoms with E-state index < -0.39 is 6.10 Å². The summed E-state index contributed by atoms with van der Waals surface area (Å²) in [4.78, 5) is 22.2. The lowest BCUT2D eigenvalue weighted by molar-refractivity contribution is -0.151. The summed E-state index contributed by atoms with van der Waals surface area (Å²) in [5, 5.41) is 0. The fraction of sp³-hybridized carbons (Fsp3) is 0.389. The number of hydrogen-bond acceptors (Lipinski definition) is 6. The lowest BCUT2D eigenvalue weighted by Crippen LogP contribution is -2.26. The van der Waals surface area contributed by atoms with Gasteiger partial charge in [-0.1, -0.05) is 13.3 Å². The molecule has 0 saturated carbocycles. The van der Waals surface area contributed by atoms with Gasteiger partial charge >= 0.3 is 5.97 Å². The number of esters is 1. The molecule has 25 heavy (non-hydrogen) atoms. The molecule has 1 unspecified atom stereocenters. The first kappa shape index (κ1) is 19.2. The van der Waals surface area contributed by atoms with E-state index in [9.17, 15) is 4.79 Å². The van der Waals surface area contributed by atoms with E-state index in [1.54, 1.807) is 31.5 Å². The number of rotatable bonds is 8. The molecule has 134 valence electrons. The summed E-state index contributed by atoms with van der Waals surface area (Å²) in [5.74, 6) is 0.844. The van der Waals surface area contributed by atoms with E-state index in [2.05, 4.69) is 25.9 Å². The number of anilines is 2. The molecule has 0 amide bonds. The average molecular weight is 408 g/mol. The minimum atomic E-state index is -0.643. The number of benzene rings is 1. The van der Waals surface area contributed by atoms with Crippen molar-refractivity contribution in [2.24, 2.45) is 0 Å². The summed E-state index contributed by atoms with van der Waals surface area (Å²) in [6, 6.07) is 7.38. The molecule has 1 aromatic carbocycles. The van der Waals surface area contributed by atoms with Gasteiger partial charge in [-0.2, -0.15) is 0 Å². The Morgan fingerprint density at radius 1 is 1.24 bits per heavy atom. The molecular weight excluding hydrogens is 386 g/mol. The second-order valence-corrected chi connectivity index (χ2v) is 6.45. The van der Waals surface area contributed by atoms with Gasteiger partial charge in [0, 0.05) is 25.1 Å². The maximum absolute atomic E-state index is 11.8. The molecular formula is C18H22BrN3O3. The number of halogens is 1. The van der Waals surface area contributed by atoms with Crippen molar-refractivity contribution in [2.45, 2.75) is 32.8 Å². The van der Waals surface area contributed by atoms with Gasteiger partial charge < -0.3 is 14.4 Å². The molecule has 0 spiro atoms. The predicted octanol–water partition coefficient (Wildman–Crippen LogP) is 4.12. The monoisotopic (exact) mass is 407 g/mol. The molecule has 6 nitrogen and oxygen atoms in total. The van der Waals surface area contributed by atoms with Gasteiger partial charge in [0.2, 0.25) is 5.95 Å². The van der Waals surface area contributed by atoms with Gasteiger partial charge in [-0.3, -0.25) is 0 Å². The van der Waals surface area contributed by atoms with Gasteiger partial charge in [0.05, 0.1) is 11.1 Å². The Bertz CT molecular complexity index is 677. The van der Waals surface area contributed by atoms with Crippen LogP contribution in [0.1, 0.15) is 26.7 Å². The lowest BCUT2D eigenvalue weighted by Gasteiger charge is -2.18. The van der Waals surface area contributed by atoms with Crippen LogP contribution in [-0.4, -0.2) is 35.7 Å². The molecule has 0 saturated heterocycles. The number of ether oxygens (including phenoxy) is 2. The van der Waals surface area contributed by atoms with Crippen molar-refractivity contribution in [2.75, 3.05) is 18.6 Å². The standard InChI is InChI=1S/C18H22BrN3O3/c1-4-5-10-24-17(23)13(2)25-16-8-6-15(7-9-16)22(3)18-20-11-14(19)12-21-18/h6-9,11-13H,4-5,10H2,1-3H3. The van der Waals surface area contributed by atoms with E-state index in [1.807, 2.05) is 31.0 Å². The zero-order valence-corrected chi connectivity index (χ0v) is 16.2. The maximum atomic E-state index is 11.8. The Kier molecular flexibility index (Phi) is 7.18. The van der Waals surface area contributed by atoms with Crippen LogP contribution in [0, 0.1) is 0 Å². The van der Waals surface area contributed by atoms with Crippen LogP contribution in [-0.2, 0) is 9.53 Å². The Morgan fingerprint density at radius 2 is 1.88 bits per heavy atom. The van der Waals surface area contributed by atoms with E-state index >= 15 is 0 Å². The zero-order chi connectivity index (χ0) is 18.2. The molecule has 0 aliphatic heterocycles. The van der Waals surface area contributed by atoms with E-state index in [0.29, 0.717) is 18.3 Å². The summed E-state index contributed by atoms with van der Waals surface area (Å²) >= 11 is 3.32. The number of unbranched alkanes of at least 4 members (excludes halogenated alkanes) is 1. The summed E-state index contributed by atoms with van der Waals surface area (Å²) in [5.41, 5.74) is 0.910. The van der Waals surface area contributed by atoms with Crippen LogP contribution in [0.5, 0.6) is 5.75 Å². The quantitative estimate of drug-likeness (QED) is 0.484. The second kappa shape index (κ2) is 9.36. The molecule has 1 aromatic heterocycles. The summed E-state index contributed by atoms with van der Waals surface area (Å²) in [6.45, 7) is 4.16. The smallest absolute Gasteiger partial charge is 0.347 e. The Hall–Kier alpha value is -2.15. The van der Waals surface area contributed by atoms with Crippen LogP contribution in [0.15, 0.2) is 41.1 Å². The van der Waals surface area contributed by atoms with Crippen molar-refractivity contribution in [1.29, 1.82) is 0 Å². The van der Waals surface area contributed by atoms with Crippen LogP contribution in [0.25, 0.3) is 0 Å². The maximum Gasteiger partial charge on any atom is 0.347 e. The Morgan fingerprint density at radius 3 is 2.48 bits per heavy atom. The molecule has 2 rings (SSSR count). The topological polar surface area (TPSA) is 64.6 Å². The summed E-state index contributed by atoms with van der Waals surface area (Å²) < 4.78 is 11.6. The van der Waals surface area contributed by atoms with E-state index in [1.165, 1.54) is 0 Å². The van der Waals surface area contributed by atoms with Crippen LogP contribution in [0.2, 0.25) is 0 Å². The Labute approximate surface area is 156 Å². The largest absolute Gasteiger partial charge is 0.479 e. The lowest BCUT2D eigenvalue weighted by atomic mass is 10.3. The normalized spacial score (nSPS) is 11.7. The molecule has 0 radical (unpaired) electrons. The molecule has 0 N–H and O–H groups in total. The van der Waals surface area contributed by atoms with E-state index in [0.717, 1.165) is 23.0 Å². The average Bonchev–Trinajstić information content (AvgIpc) is 2.62. The van der Waals surface area contributed by atoms with Crippen molar-refractivity contribution in [3.8, 4) is 5.75 Å². The SMILES string of the molecule is CCCCOC(=O)C(C)Oc1ccc(N(C)c2ncc(Br)cn2)cc1. The van der Waals surface area contributed by atoms with Gasteiger partial charge in [-0.05, 0) is 53.5 Å². The predicted molar refractivity (Wildman–Crippen MR) is 100 cm³/mol. The van der Waals surface area contributed by atoms with Crippen LogP contribution in [0.3, 0.4) is 0 Å². The highest BCUT2D eigenvalue weighted by Crippen LogP contribution is 2.24. The second-order valence-electron chi connectivity index (χ2n) is 5.54. The third-order valence-corrected chi connectivity index (χ3v) is 3.93. The van der Waals surface area contributed by atoms with Gasteiger partial charge in [-0.15, -0.1) is 0 Å². The van der Waals surface area contributed by atoms with Crippen LogP contribution >= 0.6 is 15.9 Å². The third-order valence-electron chi connectivity index (χ3n) is 3.52. The fourth-order valence-electron chi connectivity index (χ4n) is 2.03. The molecule has 0 aliphatic carbocycles. The number of carbonyl (C=O) groups is 1. The van der Waals surface area contributed by atoms with Gasteiger partial charge in [-0.25, -0.2) is 14.8 Å².